The van der Waals surface area contributed by atoms with E-state index in [0.29, 0.717) is 19.5 Å². The maximum Gasteiger partial charge on any atom is 0.131 e. The van der Waals surface area contributed by atoms with Crippen molar-refractivity contribution in [3.05, 3.63) is 0 Å². The van der Waals surface area contributed by atoms with Gasteiger partial charge >= 0.3 is 0 Å². The predicted octanol–water partition coefficient (Wildman–Crippen LogP) is 0.491. The summed E-state index contributed by atoms with van der Waals surface area (Å²) in [6.07, 6.45) is -0.633. The minimum absolute atomic E-state index is 0. The molecule has 1 heterocycles. The Hall–Kier alpha value is 0.140. The van der Waals surface area contributed by atoms with Gasteiger partial charge in [-0.3, -0.25) is 0 Å². The first-order chi connectivity index (χ1) is 4.13. The fraction of sp³-hybridized carbons (Fsp3) is 1.00. The smallest absolute Gasteiger partial charge is 0.131 e. The average molecular weight is 170 g/mol. The van der Waals surface area contributed by atoms with Crippen molar-refractivity contribution in [1.29, 1.82) is 0 Å². The van der Waals surface area contributed by atoms with Gasteiger partial charge < -0.3 is 10.4 Å². The topological polar surface area (TPSA) is 32.3 Å². The quantitative estimate of drug-likeness (QED) is 0.553. The normalized spacial score (nSPS) is 40.5. The third-order valence-corrected chi connectivity index (χ3v) is 1.73. The standard InChI is InChI=1S/C6H12FNO.ClH/c1-6(9)4-8-3-2-5(6)7;/h5,8-9H,2-4H2,1H3;1H. The van der Waals surface area contributed by atoms with Crippen LogP contribution in [-0.4, -0.2) is 30.0 Å². The summed E-state index contributed by atoms with van der Waals surface area (Å²) < 4.78 is 12.7. The van der Waals surface area contributed by atoms with E-state index in [-0.39, 0.29) is 12.4 Å². The van der Waals surface area contributed by atoms with Crippen LogP contribution < -0.4 is 5.32 Å². The molecule has 1 aliphatic heterocycles. The molecule has 1 fully saturated rings. The number of hydrogen-bond donors (Lipinski definition) is 2. The monoisotopic (exact) mass is 169 g/mol. The van der Waals surface area contributed by atoms with Crippen LogP contribution >= 0.6 is 12.4 Å². The molecule has 1 rings (SSSR count). The van der Waals surface area contributed by atoms with Gasteiger partial charge in [-0.2, -0.15) is 0 Å². The van der Waals surface area contributed by atoms with Crippen molar-refractivity contribution in [3.8, 4) is 0 Å². The van der Waals surface area contributed by atoms with E-state index in [0.717, 1.165) is 0 Å². The van der Waals surface area contributed by atoms with Gasteiger partial charge in [-0.1, -0.05) is 0 Å². The molecule has 2 N–H and O–H groups in total. The second-order valence-corrected chi connectivity index (χ2v) is 2.79. The lowest BCUT2D eigenvalue weighted by Crippen LogP contribution is -2.51. The summed E-state index contributed by atoms with van der Waals surface area (Å²) in [5.41, 5.74) is -1.14. The van der Waals surface area contributed by atoms with Gasteiger partial charge in [0.15, 0.2) is 0 Å². The van der Waals surface area contributed by atoms with Crippen LogP contribution in [0.1, 0.15) is 13.3 Å². The van der Waals surface area contributed by atoms with Crippen molar-refractivity contribution in [2.45, 2.75) is 25.1 Å². The summed E-state index contributed by atoms with van der Waals surface area (Å²) in [7, 11) is 0. The Morgan fingerprint density at radius 1 is 1.70 bits per heavy atom. The molecule has 1 saturated heterocycles. The molecule has 2 nitrogen and oxygen atoms in total. The largest absolute Gasteiger partial charge is 0.386 e. The Bertz CT molecular complexity index is 110. The fourth-order valence-electron chi connectivity index (χ4n) is 0.992. The minimum Gasteiger partial charge on any atom is -0.386 e. The maximum absolute atomic E-state index is 12.7. The lowest BCUT2D eigenvalue weighted by atomic mass is 9.95. The van der Waals surface area contributed by atoms with Gasteiger partial charge in [0.1, 0.15) is 11.8 Å². The highest BCUT2D eigenvalue weighted by molar-refractivity contribution is 5.85. The molecule has 62 valence electrons. The summed E-state index contributed by atoms with van der Waals surface area (Å²) in [4.78, 5) is 0. The van der Waals surface area contributed by atoms with Gasteiger partial charge in [-0.15, -0.1) is 12.4 Å². The van der Waals surface area contributed by atoms with E-state index < -0.39 is 11.8 Å². The van der Waals surface area contributed by atoms with E-state index >= 15 is 0 Å². The van der Waals surface area contributed by atoms with E-state index in [1.807, 2.05) is 0 Å². The lowest BCUT2D eigenvalue weighted by Gasteiger charge is -2.32. The number of aliphatic hydroxyl groups is 1. The van der Waals surface area contributed by atoms with Gasteiger partial charge in [0.05, 0.1) is 0 Å². The maximum atomic E-state index is 12.7. The van der Waals surface area contributed by atoms with Crippen LogP contribution in [0.4, 0.5) is 4.39 Å². The van der Waals surface area contributed by atoms with Crippen LogP contribution in [0.3, 0.4) is 0 Å². The minimum atomic E-state index is -1.14. The van der Waals surface area contributed by atoms with Crippen LogP contribution in [0, 0.1) is 0 Å². The van der Waals surface area contributed by atoms with E-state index in [1.165, 1.54) is 6.92 Å². The first-order valence-corrected chi connectivity index (χ1v) is 3.20. The molecule has 0 radical (unpaired) electrons. The summed E-state index contributed by atoms with van der Waals surface area (Å²) >= 11 is 0. The summed E-state index contributed by atoms with van der Waals surface area (Å²) in [6, 6.07) is 0. The Kier molecular flexibility index (Phi) is 3.56. The van der Waals surface area contributed by atoms with Crippen molar-refractivity contribution < 1.29 is 9.50 Å². The molecule has 0 aliphatic carbocycles. The zero-order chi connectivity index (χ0) is 6.91. The molecule has 10 heavy (non-hydrogen) atoms. The Morgan fingerprint density at radius 3 is 2.60 bits per heavy atom. The van der Waals surface area contributed by atoms with Crippen molar-refractivity contribution in [2.75, 3.05) is 13.1 Å². The molecule has 2 unspecified atom stereocenters. The highest BCUT2D eigenvalue weighted by Gasteiger charge is 2.34. The third-order valence-electron chi connectivity index (χ3n) is 1.73. The summed E-state index contributed by atoms with van der Waals surface area (Å²) in [5, 5.41) is 12.1. The molecule has 4 heteroatoms. The first-order valence-electron chi connectivity index (χ1n) is 3.20. The number of rotatable bonds is 0. The van der Waals surface area contributed by atoms with Crippen LogP contribution in [0.5, 0.6) is 0 Å². The highest BCUT2D eigenvalue weighted by Crippen LogP contribution is 2.18. The predicted molar refractivity (Wildman–Crippen MR) is 40.3 cm³/mol. The van der Waals surface area contributed by atoms with E-state index in [1.54, 1.807) is 0 Å². The van der Waals surface area contributed by atoms with Crippen molar-refractivity contribution in [2.24, 2.45) is 0 Å². The highest BCUT2D eigenvalue weighted by atomic mass is 35.5. The van der Waals surface area contributed by atoms with Crippen LogP contribution in [0.25, 0.3) is 0 Å². The lowest BCUT2D eigenvalue weighted by molar-refractivity contribution is -0.0360. The van der Waals surface area contributed by atoms with Gasteiger partial charge in [0, 0.05) is 6.54 Å². The summed E-state index contributed by atoms with van der Waals surface area (Å²) in [5.74, 6) is 0. The molecule has 0 saturated carbocycles. The van der Waals surface area contributed by atoms with Crippen LogP contribution in [0.15, 0.2) is 0 Å². The SMILES string of the molecule is CC1(O)CNCCC1F.Cl. The molecule has 0 aromatic heterocycles. The fourth-order valence-corrected chi connectivity index (χ4v) is 0.992. The molecule has 0 amide bonds. The number of piperidine rings is 1. The molecule has 0 spiro atoms. The molecule has 0 bridgehead atoms. The van der Waals surface area contributed by atoms with Gasteiger partial charge in [-0.05, 0) is 19.9 Å². The number of hydrogen-bond acceptors (Lipinski definition) is 2. The Labute approximate surface area is 66.2 Å². The van der Waals surface area contributed by atoms with E-state index in [2.05, 4.69) is 5.32 Å². The average Bonchev–Trinajstić information content (AvgIpc) is 1.77. The molecule has 0 aromatic rings. The number of halogens is 2. The molecular weight excluding hydrogens is 157 g/mol. The van der Waals surface area contributed by atoms with Gasteiger partial charge in [-0.25, -0.2) is 4.39 Å². The first kappa shape index (κ1) is 10.1. The van der Waals surface area contributed by atoms with Gasteiger partial charge in [0.25, 0.3) is 0 Å². The number of β-amino-alcohol motifs (C(OH)–C–C–N with tert-alkyl or cyclic N) is 1. The molecule has 0 aromatic carbocycles. The number of nitrogens with one attached hydrogen (secondary N) is 1. The second-order valence-electron chi connectivity index (χ2n) is 2.79. The molecule has 1 aliphatic rings. The second kappa shape index (κ2) is 3.51. The third kappa shape index (κ3) is 2.08. The van der Waals surface area contributed by atoms with Crippen LogP contribution in [-0.2, 0) is 0 Å². The van der Waals surface area contributed by atoms with E-state index in [4.69, 9.17) is 0 Å². The van der Waals surface area contributed by atoms with Crippen molar-refractivity contribution in [3.63, 3.8) is 0 Å². The Balaban J connectivity index is 0.000000810. The molecule has 2 atom stereocenters. The number of alkyl halides is 1. The van der Waals surface area contributed by atoms with Crippen molar-refractivity contribution >= 4 is 12.4 Å². The van der Waals surface area contributed by atoms with E-state index in [9.17, 15) is 9.50 Å². The summed E-state index contributed by atoms with van der Waals surface area (Å²) in [6.45, 7) is 2.56. The zero-order valence-electron chi connectivity index (χ0n) is 5.93. The molecular formula is C6H13ClFNO. The van der Waals surface area contributed by atoms with Crippen LogP contribution in [0.2, 0.25) is 0 Å². The zero-order valence-corrected chi connectivity index (χ0v) is 6.75. The van der Waals surface area contributed by atoms with Gasteiger partial charge in [0.2, 0.25) is 0 Å². The Morgan fingerprint density at radius 2 is 2.30 bits per heavy atom. The van der Waals surface area contributed by atoms with Crippen molar-refractivity contribution in [1.82, 2.24) is 5.32 Å².